The van der Waals surface area contributed by atoms with E-state index >= 15 is 0 Å². The molecule has 0 aromatic heterocycles. The van der Waals surface area contributed by atoms with Gasteiger partial charge in [-0.1, -0.05) is 60.2 Å². The van der Waals surface area contributed by atoms with Gasteiger partial charge in [0, 0.05) is 13.5 Å². The zero-order valence-electron chi connectivity index (χ0n) is 24.2. The van der Waals surface area contributed by atoms with E-state index in [0.717, 1.165) is 11.1 Å². The Labute approximate surface area is 231 Å². The van der Waals surface area contributed by atoms with Crippen molar-refractivity contribution in [1.82, 2.24) is 15.5 Å². The summed E-state index contributed by atoms with van der Waals surface area (Å²) in [5, 5.41) is 5.25. The summed E-state index contributed by atoms with van der Waals surface area (Å²) in [6, 6.07) is 14.4. The molecule has 3 amide bonds. The molecule has 0 spiro atoms. The maximum Gasteiger partial charge on any atom is 0.408 e. The second-order valence-electron chi connectivity index (χ2n) is 11.5. The highest BCUT2D eigenvalue weighted by atomic mass is 16.6. The molecule has 9 nitrogen and oxygen atoms in total. The number of benzene rings is 2. The Morgan fingerprint density at radius 3 is 2.05 bits per heavy atom. The van der Waals surface area contributed by atoms with Crippen molar-refractivity contribution in [2.45, 2.75) is 78.2 Å². The third kappa shape index (κ3) is 10.8. The predicted octanol–water partition coefficient (Wildman–Crippen LogP) is 4.09. The van der Waals surface area contributed by atoms with E-state index in [1.54, 1.807) is 59.7 Å². The summed E-state index contributed by atoms with van der Waals surface area (Å²) in [6.45, 7) is 11.9. The van der Waals surface area contributed by atoms with Crippen molar-refractivity contribution in [2.24, 2.45) is 0 Å². The number of ether oxygens (including phenoxy) is 2. The van der Waals surface area contributed by atoms with Gasteiger partial charge in [0.1, 0.15) is 29.8 Å². The van der Waals surface area contributed by atoms with Gasteiger partial charge >= 0.3 is 12.1 Å². The van der Waals surface area contributed by atoms with Gasteiger partial charge in [0.25, 0.3) is 0 Å². The number of aryl methyl sites for hydroxylation is 1. The van der Waals surface area contributed by atoms with Gasteiger partial charge in [-0.2, -0.15) is 0 Å². The molecular formula is C30H41N3O6. The lowest BCUT2D eigenvalue weighted by atomic mass is 10.0. The minimum atomic E-state index is -1.07. The van der Waals surface area contributed by atoms with Crippen LogP contribution in [0.4, 0.5) is 4.79 Å². The lowest BCUT2D eigenvalue weighted by Gasteiger charge is -2.30. The Morgan fingerprint density at radius 2 is 1.49 bits per heavy atom. The van der Waals surface area contributed by atoms with Crippen LogP contribution in [0.25, 0.3) is 0 Å². The number of hydrogen-bond donors (Lipinski definition) is 2. The monoisotopic (exact) mass is 539 g/mol. The first-order valence-corrected chi connectivity index (χ1v) is 12.9. The number of carbonyl (C=O) groups excluding carboxylic acids is 4. The summed E-state index contributed by atoms with van der Waals surface area (Å²) in [7, 11) is 1.48. The summed E-state index contributed by atoms with van der Waals surface area (Å²) in [4.78, 5) is 53.3. The van der Waals surface area contributed by atoms with Gasteiger partial charge in [-0.15, -0.1) is 0 Å². The number of nitrogens with zero attached hydrogens (tertiary/aromatic N) is 1. The maximum atomic E-state index is 13.8. The topological polar surface area (TPSA) is 114 Å². The van der Waals surface area contributed by atoms with Gasteiger partial charge in [-0.3, -0.25) is 9.59 Å². The van der Waals surface area contributed by atoms with Crippen LogP contribution in [-0.2, 0) is 30.3 Å². The lowest BCUT2D eigenvalue weighted by Crippen LogP contribution is -2.51. The van der Waals surface area contributed by atoms with Crippen molar-refractivity contribution < 1.29 is 28.7 Å². The van der Waals surface area contributed by atoms with E-state index < -0.39 is 47.2 Å². The summed E-state index contributed by atoms with van der Waals surface area (Å²) in [6.07, 6.45) is -0.534. The number of rotatable bonds is 9. The first-order chi connectivity index (χ1) is 18.1. The van der Waals surface area contributed by atoms with E-state index in [1.165, 1.54) is 11.9 Å². The number of likely N-dealkylation sites (N-methyl/N-ethyl adjacent to an activating group) is 1. The van der Waals surface area contributed by atoms with Crippen LogP contribution in [-0.4, -0.2) is 59.6 Å². The molecule has 2 N–H and O–H groups in total. The lowest BCUT2D eigenvalue weighted by molar-refractivity contribution is -0.159. The number of amides is 3. The third-order valence-electron chi connectivity index (χ3n) is 5.46. The summed E-state index contributed by atoms with van der Waals surface area (Å²) in [5.41, 5.74) is 0.812. The van der Waals surface area contributed by atoms with Crippen molar-refractivity contribution in [3.05, 3.63) is 71.3 Å². The molecule has 2 aromatic carbocycles. The Balaban J connectivity index is 2.32. The average molecular weight is 540 g/mol. The summed E-state index contributed by atoms with van der Waals surface area (Å²) in [5.74, 6) is -1.65. The van der Waals surface area contributed by atoms with E-state index in [1.807, 2.05) is 43.3 Å². The molecule has 2 aromatic rings. The number of nitrogens with one attached hydrogen (secondary N) is 2. The van der Waals surface area contributed by atoms with Crippen LogP contribution < -0.4 is 10.6 Å². The first kappa shape index (κ1) is 31.3. The Bertz CT molecular complexity index is 1150. The molecule has 2 rings (SSSR count). The SMILES string of the molecule is Cc1cccc(C(C(=O)NC(Cc2ccccc2)C(=O)OC(C)(C)C)N(C)C(=O)CNC(=O)OC(C)(C)C)c1. The van der Waals surface area contributed by atoms with Gasteiger partial charge in [-0.25, -0.2) is 9.59 Å². The van der Waals surface area contributed by atoms with E-state index in [0.29, 0.717) is 5.56 Å². The Morgan fingerprint density at radius 1 is 0.872 bits per heavy atom. The van der Waals surface area contributed by atoms with E-state index in [-0.39, 0.29) is 13.0 Å². The molecule has 0 aliphatic heterocycles. The van der Waals surface area contributed by atoms with E-state index in [4.69, 9.17) is 9.47 Å². The summed E-state index contributed by atoms with van der Waals surface area (Å²) >= 11 is 0. The second kappa shape index (κ2) is 13.3. The Hall–Kier alpha value is -3.88. The first-order valence-electron chi connectivity index (χ1n) is 12.9. The van der Waals surface area contributed by atoms with E-state index in [9.17, 15) is 19.2 Å². The van der Waals surface area contributed by atoms with Gasteiger partial charge in [0.15, 0.2) is 0 Å². The molecule has 0 aliphatic rings. The van der Waals surface area contributed by atoms with Gasteiger partial charge < -0.3 is 25.0 Å². The molecule has 0 saturated carbocycles. The minimum absolute atomic E-state index is 0.208. The number of carbonyl (C=O) groups is 4. The molecule has 0 aliphatic carbocycles. The number of esters is 1. The van der Waals surface area contributed by atoms with Crippen molar-refractivity contribution in [1.29, 1.82) is 0 Å². The second-order valence-corrected chi connectivity index (χ2v) is 11.5. The van der Waals surface area contributed by atoms with Crippen molar-refractivity contribution in [3.8, 4) is 0 Å². The van der Waals surface area contributed by atoms with Crippen LogP contribution in [0.15, 0.2) is 54.6 Å². The van der Waals surface area contributed by atoms with Crippen LogP contribution in [0.5, 0.6) is 0 Å². The quantitative estimate of drug-likeness (QED) is 0.464. The molecule has 0 radical (unpaired) electrons. The van der Waals surface area contributed by atoms with Crippen LogP contribution in [0.3, 0.4) is 0 Å². The molecule has 0 heterocycles. The average Bonchev–Trinajstić information content (AvgIpc) is 2.80. The zero-order chi connectivity index (χ0) is 29.4. The van der Waals surface area contributed by atoms with Crippen LogP contribution >= 0.6 is 0 Å². The van der Waals surface area contributed by atoms with Gasteiger partial charge in [-0.05, 0) is 59.6 Å². The third-order valence-corrected chi connectivity index (χ3v) is 5.46. The summed E-state index contributed by atoms with van der Waals surface area (Å²) < 4.78 is 10.8. The van der Waals surface area contributed by atoms with Gasteiger partial charge in [0.05, 0.1) is 0 Å². The molecule has 39 heavy (non-hydrogen) atoms. The largest absolute Gasteiger partial charge is 0.458 e. The molecule has 0 saturated heterocycles. The highest BCUT2D eigenvalue weighted by molar-refractivity contribution is 5.92. The van der Waals surface area contributed by atoms with Crippen LogP contribution in [0.1, 0.15) is 64.3 Å². The molecule has 0 bridgehead atoms. The maximum absolute atomic E-state index is 13.8. The highest BCUT2D eigenvalue weighted by Gasteiger charge is 2.34. The van der Waals surface area contributed by atoms with Crippen molar-refractivity contribution in [2.75, 3.05) is 13.6 Å². The molecule has 2 unspecified atom stereocenters. The molecule has 212 valence electrons. The fourth-order valence-electron chi connectivity index (χ4n) is 3.79. The smallest absolute Gasteiger partial charge is 0.408 e. The number of alkyl carbamates (subject to hydrolysis) is 1. The Kier molecular flexibility index (Phi) is 10.7. The zero-order valence-corrected chi connectivity index (χ0v) is 24.2. The molecular weight excluding hydrogens is 498 g/mol. The predicted molar refractivity (Wildman–Crippen MR) is 149 cm³/mol. The highest BCUT2D eigenvalue weighted by Crippen LogP contribution is 2.22. The molecule has 2 atom stereocenters. The normalized spacial score (nSPS) is 13.0. The van der Waals surface area contributed by atoms with Crippen LogP contribution in [0, 0.1) is 6.92 Å². The molecule has 9 heteroatoms. The fraction of sp³-hybridized carbons (Fsp3) is 0.467. The standard InChI is InChI=1S/C30H41N3O6/c1-20-13-12-16-22(17-20)25(33(8)24(34)19-31-28(37)39-30(5,6)7)26(35)32-23(27(36)38-29(2,3)4)18-21-14-10-9-11-15-21/h9-17,23,25H,18-19H2,1-8H3,(H,31,37)(H,32,35). The van der Waals surface area contributed by atoms with E-state index in [2.05, 4.69) is 10.6 Å². The van der Waals surface area contributed by atoms with Gasteiger partial charge in [0.2, 0.25) is 11.8 Å². The minimum Gasteiger partial charge on any atom is -0.458 e. The van der Waals surface area contributed by atoms with Crippen molar-refractivity contribution in [3.63, 3.8) is 0 Å². The van der Waals surface area contributed by atoms with Crippen LogP contribution in [0.2, 0.25) is 0 Å². The number of hydrogen-bond acceptors (Lipinski definition) is 6. The van der Waals surface area contributed by atoms with Crippen molar-refractivity contribution >= 4 is 23.9 Å². The molecule has 0 fully saturated rings. The fourth-order valence-corrected chi connectivity index (χ4v) is 3.79.